The lowest BCUT2D eigenvalue weighted by Crippen LogP contribution is -2.49. The van der Waals surface area contributed by atoms with Crippen LogP contribution in [0.4, 0.5) is 0 Å². The van der Waals surface area contributed by atoms with Crippen molar-refractivity contribution in [1.29, 1.82) is 0 Å². The lowest BCUT2D eigenvalue weighted by molar-refractivity contribution is -0.138. The average Bonchev–Trinajstić information content (AvgIpc) is 2.25. The van der Waals surface area contributed by atoms with Crippen molar-refractivity contribution in [3.05, 3.63) is 0 Å². The highest BCUT2D eigenvalue weighted by Gasteiger charge is 2.28. The summed E-state index contributed by atoms with van der Waals surface area (Å²) in [6, 6.07) is 0.000225. The van der Waals surface area contributed by atoms with Crippen LogP contribution < -0.4 is 0 Å². The Bertz CT molecular complexity index is 223. The lowest BCUT2D eigenvalue weighted by atomic mass is 10.0. The molecule has 16 heavy (non-hydrogen) atoms. The third-order valence-electron chi connectivity index (χ3n) is 3.25. The first-order valence-electron chi connectivity index (χ1n) is 6.19. The molecule has 1 amide bonds. The topological polar surface area (TPSA) is 43.8 Å². The van der Waals surface area contributed by atoms with Crippen LogP contribution in [0.5, 0.6) is 0 Å². The summed E-state index contributed by atoms with van der Waals surface area (Å²) in [6.07, 6.45) is 3.15. The molecule has 0 aromatic rings. The van der Waals surface area contributed by atoms with Crippen molar-refractivity contribution in [2.75, 3.05) is 27.2 Å². The van der Waals surface area contributed by atoms with Gasteiger partial charge in [-0.25, -0.2) is 0 Å². The van der Waals surface area contributed by atoms with Gasteiger partial charge in [0.05, 0.1) is 12.1 Å². The molecular weight excluding hydrogens is 204 g/mol. The van der Waals surface area contributed by atoms with E-state index in [2.05, 4.69) is 6.92 Å². The van der Waals surface area contributed by atoms with Gasteiger partial charge in [-0.3, -0.25) is 9.69 Å². The highest BCUT2D eigenvalue weighted by molar-refractivity contribution is 5.81. The number of likely N-dealkylation sites (tertiary alicyclic amines) is 1. The van der Waals surface area contributed by atoms with E-state index in [-0.39, 0.29) is 18.1 Å². The fraction of sp³-hybridized carbons (Fsp3) is 0.917. The number of aliphatic hydroxyl groups is 1. The van der Waals surface area contributed by atoms with Gasteiger partial charge in [-0.05, 0) is 33.4 Å². The molecule has 1 N–H and O–H groups in total. The first-order valence-corrected chi connectivity index (χ1v) is 6.19. The van der Waals surface area contributed by atoms with Crippen LogP contribution in [0.15, 0.2) is 0 Å². The van der Waals surface area contributed by atoms with E-state index in [1.165, 1.54) is 0 Å². The number of rotatable bonds is 4. The van der Waals surface area contributed by atoms with E-state index < -0.39 is 0 Å². The Morgan fingerprint density at radius 3 is 2.44 bits per heavy atom. The number of hydrogen-bond acceptors (Lipinski definition) is 3. The quantitative estimate of drug-likeness (QED) is 0.770. The second-order valence-electron chi connectivity index (χ2n) is 4.82. The maximum Gasteiger partial charge on any atom is 0.239 e. The zero-order chi connectivity index (χ0) is 12.1. The molecular formula is C12H24N2O2. The highest BCUT2D eigenvalue weighted by atomic mass is 16.3. The van der Waals surface area contributed by atoms with Gasteiger partial charge < -0.3 is 10.0 Å². The Hall–Kier alpha value is -0.610. The summed E-state index contributed by atoms with van der Waals surface area (Å²) in [5, 5.41) is 9.41. The minimum absolute atomic E-state index is 0.000225. The molecule has 0 aromatic carbocycles. The molecule has 94 valence electrons. The third-order valence-corrected chi connectivity index (χ3v) is 3.25. The predicted octanol–water partition coefficient (Wildman–Crippen LogP) is 0.700. The van der Waals surface area contributed by atoms with Crippen LogP contribution in [0.1, 0.15) is 32.6 Å². The highest BCUT2D eigenvalue weighted by Crippen LogP contribution is 2.14. The average molecular weight is 228 g/mol. The Kier molecular flexibility index (Phi) is 5.22. The number of amides is 1. The molecule has 0 saturated carbocycles. The Labute approximate surface area is 98.2 Å². The summed E-state index contributed by atoms with van der Waals surface area (Å²) in [6.45, 7) is 3.51. The second kappa shape index (κ2) is 6.21. The number of carbonyl (C=O) groups excluding carboxylic acids is 1. The molecule has 1 rings (SSSR count). The van der Waals surface area contributed by atoms with E-state index in [0.717, 1.165) is 25.7 Å². The van der Waals surface area contributed by atoms with Gasteiger partial charge in [0.15, 0.2) is 0 Å². The van der Waals surface area contributed by atoms with Crippen molar-refractivity contribution in [3.63, 3.8) is 0 Å². The fourth-order valence-corrected chi connectivity index (χ4v) is 2.17. The second-order valence-corrected chi connectivity index (χ2v) is 4.82. The van der Waals surface area contributed by atoms with Gasteiger partial charge in [0.1, 0.15) is 0 Å². The van der Waals surface area contributed by atoms with E-state index in [0.29, 0.717) is 13.1 Å². The predicted molar refractivity (Wildman–Crippen MR) is 64.2 cm³/mol. The molecule has 0 aromatic heterocycles. The number of carbonyl (C=O) groups is 1. The van der Waals surface area contributed by atoms with Crippen LogP contribution in [0.2, 0.25) is 0 Å². The van der Waals surface area contributed by atoms with Crippen molar-refractivity contribution in [1.82, 2.24) is 9.80 Å². The van der Waals surface area contributed by atoms with Crippen LogP contribution in [0.3, 0.4) is 0 Å². The summed E-state index contributed by atoms with van der Waals surface area (Å²) in [5.74, 6) is 0.221. The maximum absolute atomic E-state index is 12.2. The molecule has 0 bridgehead atoms. The minimum Gasteiger partial charge on any atom is -0.393 e. The zero-order valence-electron chi connectivity index (χ0n) is 10.6. The van der Waals surface area contributed by atoms with E-state index in [1.54, 1.807) is 0 Å². The third kappa shape index (κ3) is 3.46. The number of piperidine rings is 1. The monoisotopic (exact) mass is 228 g/mol. The largest absolute Gasteiger partial charge is 0.393 e. The van der Waals surface area contributed by atoms with E-state index in [1.807, 2.05) is 23.9 Å². The van der Waals surface area contributed by atoms with Crippen LogP contribution in [0, 0.1) is 0 Å². The first-order chi connectivity index (χ1) is 7.56. The van der Waals surface area contributed by atoms with Crippen LogP contribution in [-0.2, 0) is 4.79 Å². The molecule has 1 aliphatic heterocycles. The molecule has 1 unspecified atom stereocenters. The minimum atomic E-state index is -0.215. The molecule has 4 heteroatoms. The number of aliphatic hydroxyl groups excluding tert-OH is 1. The Morgan fingerprint density at radius 1 is 1.44 bits per heavy atom. The summed E-state index contributed by atoms with van der Waals surface area (Å²) < 4.78 is 0. The van der Waals surface area contributed by atoms with Gasteiger partial charge in [0.2, 0.25) is 5.91 Å². The lowest BCUT2D eigenvalue weighted by Gasteiger charge is -2.34. The zero-order valence-corrected chi connectivity index (χ0v) is 10.6. The van der Waals surface area contributed by atoms with Crippen LogP contribution in [-0.4, -0.2) is 60.1 Å². The van der Waals surface area contributed by atoms with Gasteiger partial charge in [-0.1, -0.05) is 13.3 Å². The molecule has 0 aliphatic carbocycles. The maximum atomic E-state index is 12.2. The molecule has 1 atom stereocenters. The van der Waals surface area contributed by atoms with E-state index in [4.69, 9.17) is 0 Å². The van der Waals surface area contributed by atoms with Crippen molar-refractivity contribution in [3.8, 4) is 0 Å². The smallest absolute Gasteiger partial charge is 0.239 e. The fourth-order valence-electron chi connectivity index (χ4n) is 2.17. The summed E-state index contributed by atoms with van der Waals surface area (Å²) >= 11 is 0. The molecule has 1 saturated heterocycles. The van der Waals surface area contributed by atoms with Gasteiger partial charge in [0, 0.05) is 13.1 Å². The van der Waals surface area contributed by atoms with Gasteiger partial charge in [-0.2, -0.15) is 0 Å². The van der Waals surface area contributed by atoms with Gasteiger partial charge >= 0.3 is 0 Å². The van der Waals surface area contributed by atoms with Crippen LogP contribution >= 0.6 is 0 Å². The van der Waals surface area contributed by atoms with E-state index in [9.17, 15) is 9.90 Å². The summed E-state index contributed by atoms with van der Waals surface area (Å²) in [7, 11) is 3.91. The normalized spacial score (nSPS) is 20.2. The Balaban J connectivity index is 2.53. The van der Waals surface area contributed by atoms with Gasteiger partial charge in [0.25, 0.3) is 0 Å². The molecule has 0 radical (unpaired) electrons. The summed E-state index contributed by atoms with van der Waals surface area (Å²) in [5.41, 5.74) is 0. The van der Waals surface area contributed by atoms with Crippen molar-refractivity contribution in [2.45, 2.75) is 44.8 Å². The van der Waals surface area contributed by atoms with Gasteiger partial charge in [-0.15, -0.1) is 0 Å². The number of hydrogen-bond donors (Lipinski definition) is 1. The van der Waals surface area contributed by atoms with Crippen molar-refractivity contribution >= 4 is 5.91 Å². The molecule has 1 heterocycles. The molecule has 0 spiro atoms. The first kappa shape index (κ1) is 13.5. The SMILES string of the molecule is CCCC(C(=O)N1CCC(O)CC1)N(C)C. The number of nitrogens with zero attached hydrogens (tertiary/aromatic N) is 2. The Morgan fingerprint density at radius 2 is 2.00 bits per heavy atom. The molecule has 4 nitrogen and oxygen atoms in total. The van der Waals surface area contributed by atoms with Crippen LogP contribution in [0.25, 0.3) is 0 Å². The van der Waals surface area contributed by atoms with Crippen molar-refractivity contribution < 1.29 is 9.90 Å². The van der Waals surface area contributed by atoms with E-state index >= 15 is 0 Å². The van der Waals surface area contributed by atoms with Crippen molar-refractivity contribution in [2.24, 2.45) is 0 Å². The molecule has 1 fully saturated rings. The molecule has 1 aliphatic rings. The number of likely N-dealkylation sites (N-methyl/N-ethyl adjacent to an activating group) is 1. The summed E-state index contributed by atoms with van der Waals surface area (Å²) in [4.78, 5) is 16.1. The standard InChI is InChI=1S/C12H24N2O2/c1-4-5-11(13(2)3)12(16)14-8-6-10(15)7-9-14/h10-11,15H,4-9H2,1-3H3.